The van der Waals surface area contributed by atoms with Crippen molar-refractivity contribution < 1.29 is 19.1 Å². The van der Waals surface area contributed by atoms with Crippen LogP contribution < -0.4 is 0 Å². The first-order chi connectivity index (χ1) is 11.5. The summed E-state index contributed by atoms with van der Waals surface area (Å²) in [5.41, 5.74) is 2.13. The zero-order valence-corrected chi connectivity index (χ0v) is 14.4. The molecule has 2 aliphatic rings. The number of allylic oxidation sites excluding steroid dienone is 4. The van der Waals surface area contributed by atoms with E-state index < -0.39 is 12.1 Å². The highest BCUT2D eigenvalue weighted by atomic mass is 16.6. The molecule has 6 heteroatoms. The molecule has 0 aromatic heterocycles. The van der Waals surface area contributed by atoms with Crippen LogP contribution in [0.2, 0.25) is 0 Å². The van der Waals surface area contributed by atoms with Crippen molar-refractivity contribution >= 4 is 12.1 Å². The first-order valence-corrected chi connectivity index (χ1v) is 8.30. The predicted molar refractivity (Wildman–Crippen MR) is 87.8 cm³/mol. The van der Waals surface area contributed by atoms with Crippen LogP contribution in [0.3, 0.4) is 0 Å². The lowest BCUT2D eigenvalue weighted by atomic mass is 9.73. The van der Waals surface area contributed by atoms with Gasteiger partial charge in [-0.3, -0.25) is 4.90 Å². The van der Waals surface area contributed by atoms with Gasteiger partial charge in [-0.05, 0) is 56.1 Å². The lowest BCUT2D eigenvalue weighted by molar-refractivity contribution is -0.151. The average Bonchev–Trinajstić information content (AvgIpc) is 2.59. The SMILES string of the molecule is CCOC(=O)[C@@H]1C[C@H]2C=C(/C(C)=C/C#N)CC[C@H]2CN1C(=O)OC. The Hall–Kier alpha value is -2.29. The van der Waals surface area contributed by atoms with Gasteiger partial charge in [0.15, 0.2) is 0 Å². The molecule has 0 radical (unpaired) electrons. The average molecular weight is 332 g/mol. The van der Waals surface area contributed by atoms with Gasteiger partial charge in [0, 0.05) is 12.6 Å². The van der Waals surface area contributed by atoms with Gasteiger partial charge in [0.25, 0.3) is 0 Å². The molecule has 1 fully saturated rings. The monoisotopic (exact) mass is 332 g/mol. The highest BCUT2D eigenvalue weighted by molar-refractivity contribution is 5.81. The fraction of sp³-hybridized carbons (Fsp3) is 0.611. The summed E-state index contributed by atoms with van der Waals surface area (Å²) in [5.74, 6) is 0.116. The summed E-state index contributed by atoms with van der Waals surface area (Å²) in [7, 11) is 1.32. The Kier molecular flexibility index (Phi) is 6.02. The van der Waals surface area contributed by atoms with Crippen LogP contribution in [0.5, 0.6) is 0 Å². The number of rotatable bonds is 3. The molecule has 0 N–H and O–H groups in total. The van der Waals surface area contributed by atoms with Crippen molar-refractivity contribution in [1.29, 1.82) is 5.26 Å². The number of hydrogen-bond acceptors (Lipinski definition) is 5. The Morgan fingerprint density at radius 2 is 2.25 bits per heavy atom. The topological polar surface area (TPSA) is 79.6 Å². The summed E-state index contributed by atoms with van der Waals surface area (Å²) in [6.07, 6.45) is 5.57. The summed E-state index contributed by atoms with van der Waals surface area (Å²) < 4.78 is 9.97. The van der Waals surface area contributed by atoms with E-state index in [0.717, 1.165) is 24.0 Å². The summed E-state index contributed by atoms with van der Waals surface area (Å²) in [6, 6.07) is 1.45. The zero-order chi connectivity index (χ0) is 17.7. The first-order valence-electron chi connectivity index (χ1n) is 8.30. The molecule has 6 nitrogen and oxygen atoms in total. The van der Waals surface area contributed by atoms with Gasteiger partial charge in [-0.15, -0.1) is 0 Å². The van der Waals surface area contributed by atoms with E-state index in [-0.39, 0.29) is 18.5 Å². The largest absolute Gasteiger partial charge is 0.464 e. The van der Waals surface area contributed by atoms with Crippen molar-refractivity contribution in [3.63, 3.8) is 0 Å². The van der Waals surface area contributed by atoms with Gasteiger partial charge in [-0.25, -0.2) is 9.59 Å². The molecule has 0 spiro atoms. The van der Waals surface area contributed by atoms with Crippen molar-refractivity contribution in [1.82, 2.24) is 4.90 Å². The van der Waals surface area contributed by atoms with E-state index in [1.165, 1.54) is 12.0 Å². The number of ether oxygens (including phenoxy) is 2. The third-order valence-corrected chi connectivity index (χ3v) is 4.86. The van der Waals surface area contributed by atoms with Crippen molar-refractivity contribution in [3.8, 4) is 6.07 Å². The molecular weight excluding hydrogens is 308 g/mol. The van der Waals surface area contributed by atoms with E-state index in [1.807, 2.05) is 6.92 Å². The van der Waals surface area contributed by atoms with Crippen LogP contribution in [0.25, 0.3) is 0 Å². The number of fused-ring (bicyclic) bond motifs is 1. The number of methoxy groups -OCH3 is 1. The van der Waals surface area contributed by atoms with E-state index in [1.54, 1.807) is 13.0 Å². The van der Waals surface area contributed by atoms with Gasteiger partial charge >= 0.3 is 12.1 Å². The number of piperidine rings is 1. The highest BCUT2D eigenvalue weighted by Crippen LogP contribution is 2.39. The van der Waals surface area contributed by atoms with E-state index in [0.29, 0.717) is 18.9 Å². The predicted octanol–water partition coefficient (Wildman–Crippen LogP) is 2.81. The Labute approximate surface area is 142 Å². The van der Waals surface area contributed by atoms with Gasteiger partial charge in [-0.2, -0.15) is 5.26 Å². The fourth-order valence-corrected chi connectivity index (χ4v) is 3.58. The second kappa shape index (κ2) is 8.00. The molecule has 3 atom stereocenters. The number of amides is 1. The van der Waals surface area contributed by atoms with Crippen LogP contribution in [0.4, 0.5) is 4.79 Å². The molecule has 2 rings (SSSR count). The maximum absolute atomic E-state index is 12.3. The minimum Gasteiger partial charge on any atom is -0.464 e. The number of hydrogen-bond donors (Lipinski definition) is 0. The third-order valence-electron chi connectivity index (χ3n) is 4.86. The number of carbonyl (C=O) groups excluding carboxylic acids is 2. The molecule has 24 heavy (non-hydrogen) atoms. The Morgan fingerprint density at radius 3 is 2.88 bits per heavy atom. The molecule has 0 unspecified atom stereocenters. The number of nitrogens with zero attached hydrogens (tertiary/aromatic N) is 2. The molecule has 1 aliphatic heterocycles. The molecule has 1 aliphatic carbocycles. The van der Waals surface area contributed by atoms with Crippen molar-refractivity contribution in [2.75, 3.05) is 20.3 Å². The third kappa shape index (κ3) is 3.78. The number of likely N-dealkylation sites (tertiary alicyclic amines) is 1. The maximum Gasteiger partial charge on any atom is 0.410 e. The lowest BCUT2D eigenvalue weighted by Crippen LogP contribution is -2.54. The summed E-state index contributed by atoms with van der Waals surface area (Å²) >= 11 is 0. The molecule has 130 valence electrons. The molecule has 1 amide bonds. The molecule has 0 bridgehead atoms. The smallest absolute Gasteiger partial charge is 0.410 e. The Morgan fingerprint density at radius 1 is 1.50 bits per heavy atom. The molecule has 0 saturated carbocycles. The minimum absolute atomic E-state index is 0.200. The minimum atomic E-state index is -0.616. The number of nitriles is 1. The van der Waals surface area contributed by atoms with E-state index >= 15 is 0 Å². The Bertz CT molecular complexity index is 603. The fourth-order valence-electron chi connectivity index (χ4n) is 3.58. The maximum atomic E-state index is 12.3. The van der Waals surface area contributed by atoms with Crippen molar-refractivity contribution in [3.05, 3.63) is 23.3 Å². The van der Waals surface area contributed by atoms with Crippen LogP contribution in [0.15, 0.2) is 23.3 Å². The van der Waals surface area contributed by atoms with Crippen molar-refractivity contribution in [2.45, 2.75) is 39.2 Å². The molecular formula is C18H24N2O4. The van der Waals surface area contributed by atoms with Gasteiger partial charge in [0.2, 0.25) is 0 Å². The van der Waals surface area contributed by atoms with E-state index in [9.17, 15) is 9.59 Å². The normalized spacial score (nSPS) is 26.8. The first kappa shape index (κ1) is 18.1. The standard InChI is InChI=1S/C18H24N2O4/c1-4-24-17(21)16-10-15-9-13(12(2)7-8-19)5-6-14(15)11-20(16)18(22)23-3/h7,9,14-16H,4-6,10-11H2,1-3H3/b12-7+/t14-,15+,16-/m0/s1. The second-order valence-corrected chi connectivity index (χ2v) is 6.24. The Balaban J connectivity index is 2.24. The molecule has 1 heterocycles. The lowest BCUT2D eigenvalue weighted by Gasteiger charge is -2.43. The molecule has 1 saturated heterocycles. The second-order valence-electron chi connectivity index (χ2n) is 6.24. The van der Waals surface area contributed by atoms with Crippen LogP contribution in [-0.2, 0) is 14.3 Å². The van der Waals surface area contributed by atoms with Gasteiger partial charge in [0.1, 0.15) is 6.04 Å². The van der Waals surface area contributed by atoms with Crippen LogP contribution in [-0.4, -0.2) is 43.3 Å². The van der Waals surface area contributed by atoms with Gasteiger partial charge in [-0.1, -0.05) is 6.08 Å². The van der Waals surface area contributed by atoms with Crippen LogP contribution >= 0.6 is 0 Å². The highest BCUT2D eigenvalue weighted by Gasteiger charge is 2.42. The van der Waals surface area contributed by atoms with Crippen LogP contribution in [0.1, 0.15) is 33.1 Å². The van der Waals surface area contributed by atoms with Crippen molar-refractivity contribution in [2.24, 2.45) is 11.8 Å². The number of esters is 1. The summed E-state index contributed by atoms with van der Waals surface area (Å²) in [6.45, 7) is 4.46. The van der Waals surface area contributed by atoms with E-state index in [2.05, 4.69) is 12.1 Å². The molecule has 0 aromatic rings. The number of carbonyl (C=O) groups is 2. The molecule has 0 aromatic carbocycles. The van der Waals surface area contributed by atoms with Gasteiger partial charge < -0.3 is 9.47 Å². The zero-order valence-electron chi connectivity index (χ0n) is 14.4. The summed E-state index contributed by atoms with van der Waals surface area (Å²) in [4.78, 5) is 25.8. The quantitative estimate of drug-likeness (QED) is 0.586. The summed E-state index contributed by atoms with van der Waals surface area (Å²) in [5, 5.41) is 8.82. The van der Waals surface area contributed by atoms with Gasteiger partial charge in [0.05, 0.1) is 19.8 Å². The van der Waals surface area contributed by atoms with E-state index in [4.69, 9.17) is 14.7 Å². The van der Waals surface area contributed by atoms with Crippen LogP contribution in [0, 0.1) is 23.2 Å².